The van der Waals surface area contributed by atoms with Gasteiger partial charge >= 0.3 is 0 Å². The average Bonchev–Trinajstić information content (AvgIpc) is 2.70. The predicted octanol–water partition coefficient (Wildman–Crippen LogP) is 4.30. The first-order valence-corrected chi connectivity index (χ1v) is 9.57. The van der Waals surface area contributed by atoms with Crippen LogP contribution in [0, 0.1) is 16.0 Å². The molecule has 28 heavy (non-hydrogen) atoms. The van der Waals surface area contributed by atoms with Gasteiger partial charge in [-0.05, 0) is 55.8 Å². The number of hydrogen-bond donors (Lipinski definition) is 0. The summed E-state index contributed by atoms with van der Waals surface area (Å²) >= 11 is 5.91. The number of halogens is 1. The summed E-state index contributed by atoms with van der Waals surface area (Å²) in [5.41, 5.74) is 1.44. The van der Waals surface area contributed by atoms with E-state index in [1.54, 1.807) is 0 Å². The third kappa shape index (κ3) is 5.24. The van der Waals surface area contributed by atoms with E-state index in [0.717, 1.165) is 32.5 Å². The Morgan fingerprint density at radius 1 is 1.04 bits per heavy atom. The van der Waals surface area contributed by atoms with E-state index in [2.05, 4.69) is 4.90 Å². The number of nitrogens with zero attached hydrogens (tertiary/aromatic N) is 2. The maximum atomic E-state index is 12.5. The molecule has 2 aromatic carbocycles. The van der Waals surface area contributed by atoms with E-state index in [4.69, 9.17) is 11.6 Å². The normalized spacial score (nSPS) is 15.3. The van der Waals surface area contributed by atoms with Crippen LogP contribution in [0.5, 0.6) is 0 Å². The van der Waals surface area contributed by atoms with E-state index in [1.165, 1.54) is 29.8 Å². The number of benzene rings is 2. The lowest BCUT2D eigenvalue weighted by atomic mass is 9.89. The van der Waals surface area contributed by atoms with Crippen LogP contribution in [0.15, 0.2) is 48.5 Å². The summed E-state index contributed by atoms with van der Waals surface area (Å²) in [5, 5.41) is 11.4. The van der Waals surface area contributed by atoms with Crippen LogP contribution in [0.25, 0.3) is 0 Å². The van der Waals surface area contributed by atoms with E-state index in [1.807, 2.05) is 24.3 Å². The first kappa shape index (κ1) is 20.2. The summed E-state index contributed by atoms with van der Waals surface area (Å²) in [7, 11) is 0. The van der Waals surface area contributed by atoms with Gasteiger partial charge in [-0.25, -0.2) is 0 Å². The third-order valence-electron chi connectivity index (χ3n) is 5.10. The van der Waals surface area contributed by atoms with Gasteiger partial charge < -0.3 is 0 Å². The molecule has 2 aromatic rings. The van der Waals surface area contributed by atoms with Crippen molar-refractivity contribution in [3.05, 3.63) is 74.8 Å². The van der Waals surface area contributed by atoms with Crippen LogP contribution >= 0.6 is 11.6 Å². The second-order valence-electron chi connectivity index (χ2n) is 7.05. The first-order valence-electron chi connectivity index (χ1n) is 9.19. The molecule has 0 bridgehead atoms. The van der Waals surface area contributed by atoms with Gasteiger partial charge in [0.1, 0.15) is 5.78 Å². The topological polar surface area (TPSA) is 80.5 Å². The number of nitro groups is 1. The van der Waals surface area contributed by atoms with E-state index >= 15 is 0 Å². The lowest BCUT2D eigenvalue weighted by Gasteiger charge is -2.31. The summed E-state index contributed by atoms with van der Waals surface area (Å²) in [6, 6.07) is 13.1. The highest BCUT2D eigenvalue weighted by Crippen LogP contribution is 2.23. The molecule has 1 heterocycles. The zero-order chi connectivity index (χ0) is 20.1. The van der Waals surface area contributed by atoms with E-state index in [-0.39, 0.29) is 29.6 Å². The van der Waals surface area contributed by atoms with Crippen molar-refractivity contribution in [1.29, 1.82) is 0 Å². The molecule has 0 amide bonds. The van der Waals surface area contributed by atoms with Gasteiger partial charge in [-0.3, -0.25) is 24.6 Å². The van der Waals surface area contributed by atoms with Crippen LogP contribution in [0.4, 0.5) is 5.69 Å². The molecule has 0 aromatic heterocycles. The summed E-state index contributed by atoms with van der Waals surface area (Å²) < 4.78 is 0. The Balaban J connectivity index is 1.48. The Hall–Kier alpha value is -2.57. The Bertz CT molecular complexity index is 857. The fourth-order valence-corrected chi connectivity index (χ4v) is 3.56. The van der Waals surface area contributed by atoms with E-state index in [9.17, 15) is 19.7 Å². The van der Waals surface area contributed by atoms with Crippen molar-refractivity contribution in [2.75, 3.05) is 13.1 Å². The number of nitro benzene ring substituents is 1. The smallest absolute Gasteiger partial charge is 0.269 e. The summed E-state index contributed by atoms with van der Waals surface area (Å²) in [6.07, 6.45) is 1.32. The van der Waals surface area contributed by atoms with E-state index in [0.29, 0.717) is 10.6 Å². The zero-order valence-corrected chi connectivity index (χ0v) is 16.1. The van der Waals surface area contributed by atoms with Crippen LogP contribution in [0.3, 0.4) is 0 Å². The number of non-ortho nitro benzene ring substituents is 1. The molecule has 1 aliphatic heterocycles. The lowest BCUT2D eigenvalue weighted by Crippen LogP contribution is -2.36. The van der Waals surface area contributed by atoms with Crippen molar-refractivity contribution in [3.63, 3.8) is 0 Å². The minimum Gasteiger partial charge on any atom is -0.299 e. The molecular weight excluding hydrogens is 380 g/mol. The van der Waals surface area contributed by atoms with Crippen molar-refractivity contribution in [3.8, 4) is 0 Å². The quantitative estimate of drug-likeness (QED) is 0.299. The highest BCUT2D eigenvalue weighted by molar-refractivity contribution is 6.30. The molecule has 0 saturated carbocycles. The Morgan fingerprint density at radius 2 is 1.64 bits per heavy atom. The number of ketones is 2. The molecule has 6 nitrogen and oxygen atoms in total. The predicted molar refractivity (Wildman–Crippen MR) is 107 cm³/mol. The van der Waals surface area contributed by atoms with Crippen molar-refractivity contribution < 1.29 is 14.5 Å². The lowest BCUT2D eigenvalue weighted by molar-refractivity contribution is -0.384. The number of likely N-dealkylation sites (tertiary alicyclic amines) is 1. The minimum atomic E-state index is -0.517. The molecule has 0 radical (unpaired) electrons. The molecule has 0 N–H and O–H groups in total. The van der Waals surface area contributed by atoms with Gasteiger partial charge in [0.25, 0.3) is 5.69 Å². The fraction of sp³-hybridized carbons (Fsp3) is 0.333. The van der Waals surface area contributed by atoms with Gasteiger partial charge in [0.2, 0.25) is 0 Å². The van der Waals surface area contributed by atoms with Crippen molar-refractivity contribution in [2.24, 2.45) is 5.92 Å². The van der Waals surface area contributed by atoms with Gasteiger partial charge in [-0.1, -0.05) is 23.7 Å². The van der Waals surface area contributed by atoms with Crippen LogP contribution in [0.1, 0.15) is 35.2 Å². The second-order valence-corrected chi connectivity index (χ2v) is 7.48. The first-order chi connectivity index (χ1) is 13.4. The molecule has 1 aliphatic rings. The number of carbonyl (C=O) groups is 2. The van der Waals surface area contributed by atoms with Gasteiger partial charge in [0.05, 0.1) is 11.3 Å². The molecule has 146 valence electrons. The molecule has 0 aliphatic carbocycles. The average molecular weight is 401 g/mol. The minimum absolute atomic E-state index is 0.0468. The highest BCUT2D eigenvalue weighted by Gasteiger charge is 2.26. The molecule has 1 saturated heterocycles. The van der Waals surface area contributed by atoms with Crippen LogP contribution in [-0.2, 0) is 11.3 Å². The Morgan fingerprint density at radius 3 is 2.21 bits per heavy atom. The number of carbonyl (C=O) groups excluding carboxylic acids is 2. The largest absolute Gasteiger partial charge is 0.299 e. The maximum Gasteiger partial charge on any atom is 0.269 e. The van der Waals surface area contributed by atoms with Gasteiger partial charge in [-0.2, -0.15) is 0 Å². The monoisotopic (exact) mass is 400 g/mol. The highest BCUT2D eigenvalue weighted by atomic mass is 35.5. The van der Waals surface area contributed by atoms with Crippen LogP contribution in [0.2, 0.25) is 5.02 Å². The van der Waals surface area contributed by atoms with Crippen molar-refractivity contribution in [1.82, 2.24) is 4.90 Å². The molecule has 3 rings (SSSR count). The third-order valence-corrected chi connectivity index (χ3v) is 5.35. The second kappa shape index (κ2) is 9.08. The number of Topliss-reactive ketones (excluding diaryl/α,β-unsaturated/α-hetero) is 2. The SMILES string of the molecule is O=C(CC(=O)C1CCN(Cc2ccc(Cl)cc2)CC1)c1ccc([N+](=O)[O-])cc1. The summed E-state index contributed by atoms with van der Waals surface area (Å²) in [6.45, 7) is 2.44. The summed E-state index contributed by atoms with van der Waals surface area (Å²) in [4.78, 5) is 37.3. The maximum absolute atomic E-state index is 12.5. The van der Waals surface area contributed by atoms with Crippen molar-refractivity contribution in [2.45, 2.75) is 25.8 Å². The number of piperidine rings is 1. The summed E-state index contributed by atoms with van der Waals surface area (Å²) in [5.74, 6) is -0.443. The molecule has 7 heteroatoms. The zero-order valence-electron chi connectivity index (χ0n) is 15.3. The molecule has 1 fully saturated rings. The van der Waals surface area contributed by atoms with E-state index < -0.39 is 4.92 Å². The molecular formula is C21H21ClN2O4. The van der Waals surface area contributed by atoms with Crippen molar-refractivity contribution >= 4 is 28.9 Å². The molecule has 0 atom stereocenters. The van der Waals surface area contributed by atoms with Gasteiger partial charge in [0.15, 0.2) is 5.78 Å². The molecule has 0 unspecified atom stereocenters. The Kier molecular flexibility index (Phi) is 6.54. The number of hydrogen-bond acceptors (Lipinski definition) is 5. The Labute approximate surface area is 168 Å². The standard InChI is InChI=1S/C21H21ClN2O4/c22-18-5-1-15(2-6-18)14-23-11-9-17(10-12-23)21(26)13-20(25)16-3-7-19(8-4-16)24(27)28/h1-8,17H,9-14H2. The van der Waals surface area contributed by atoms with Gasteiger partial charge in [-0.15, -0.1) is 0 Å². The van der Waals surface area contributed by atoms with Gasteiger partial charge in [0, 0.05) is 35.2 Å². The molecule has 0 spiro atoms. The number of rotatable bonds is 7. The van der Waals surface area contributed by atoms with Crippen LogP contribution in [-0.4, -0.2) is 34.5 Å². The van der Waals surface area contributed by atoms with Crippen LogP contribution < -0.4 is 0 Å². The fourth-order valence-electron chi connectivity index (χ4n) is 3.43.